The monoisotopic (exact) mass is 237 g/mol. The Morgan fingerprint density at radius 2 is 2.31 bits per heavy atom. The molecule has 0 saturated heterocycles. The molecule has 0 atom stereocenters. The fraction of sp³-hybridized carbons (Fsp3) is 0.500. The highest BCUT2D eigenvalue weighted by Crippen LogP contribution is 2.28. The summed E-state index contributed by atoms with van der Waals surface area (Å²) in [6, 6.07) is 0. The molecule has 0 spiro atoms. The van der Waals surface area contributed by atoms with Gasteiger partial charge in [-0.2, -0.15) is 0 Å². The van der Waals surface area contributed by atoms with Crippen LogP contribution < -0.4 is 5.73 Å². The van der Waals surface area contributed by atoms with Crippen molar-refractivity contribution in [2.45, 2.75) is 33.4 Å². The Hall–Kier alpha value is -1.27. The Morgan fingerprint density at radius 1 is 1.50 bits per heavy atom. The van der Waals surface area contributed by atoms with Crippen LogP contribution >= 0.6 is 11.3 Å². The van der Waals surface area contributed by atoms with Crippen LogP contribution in [-0.2, 0) is 13.1 Å². The van der Waals surface area contributed by atoms with Crippen molar-refractivity contribution in [2.24, 2.45) is 5.73 Å². The van der Waals surface area contributed by atoms with Gasteiger partial charge in [-0.1, -0.05) is 6.92 Å². The molecule has 2 heterocycles. The summed E-state index contributed by atoms with van der Waals surface area (Å²) in [5.41, 5.74) is 6.57. The number of rotatable bonds is 4. The summed E-state index contributed by atoms with van der Waals surface area (Å²) in [5.74, 6) is 0.900. The smallest absolute Gasteiger partial charge is 0.175 e. The second-order valence-electron chi connectivity index (χ2n) is 3.57. The predicted octanol–water partition coefficient (Wildman–Crippen LogP) is 1.58. The molecule has 6 heteroatoms. The minimum absolute atomic E-state index is 0.480. The number of aryl methyl sites for hydroxylation is 2. The Morgan fingerprint density at radius 3 is 2.94 bits per heavy atom. The van der Waals surface area contributed by atoms with Crippen molar-refractivity contribution >= 4 is 11.3 Å². The van der Waals surface area contributed by atoms with Crippen molar-refractivity contribution in [2.75, 3.05) is 0 Å². The third-order valence-electron chi connectivity index (χ3n) is 2.30. The quantitative estimate of drug-likeness (QED) is 0.876. The Kier molecular flexibility index (Phi) is 3.31. The lowest BCUT2D eigenvalue weighted by Crippen LogP contribution is -1.97. The maximum absolute atomic E-state index is 5.59. The first-order chi connectivity index (χ1) is 7.76. The van der Waals surface area contributed by atoms with Crippen LogP contribution in [-0.4, -0.2) is 19.7 Å². The van der Waals surface area contributed by atoms with Gasteiger partial charge in [-0.3, -0.25) is 0 Å². The van der Waals surface area contributed by atoms with E-state index in [1.807, 2.05) is 6.92 Å². The molecule has 0 saturated carbocycles. The van der Waals surface area contributed by atoms with Crippen LogP contribution in [0.4, 0.5) is 0 Å². The Balaban J connectivity index is 2.41. The maximum Gasteiger partial charge on any atom is 0.175 e. The first-order valence-corrected chi connectivity index (χ1v) is 6.12. The summed E-state index contributed by atoms with van der Waals surface area (Å²) in [4.78, 5) is 5.47. The lowest BCUT2D eigenvalue weighted by atomic mass is 10.3. The van der Waals surface area contributed by atoms with E-state index < -0.39 is 0 Å². The minimum atomic E-state index is 0.480. The molecule has 0 unspecified atom stereocenters. The number of hydrogen-bond acceptors (Lipinski definition) is 5. The number of aromatic nitrogens is 4. The van der Waals surface area contributed by atoms with Gasteiger partial charge < -0.3 is 10.3 Å². The fourth-order valence-corrected chi connectivity index (χ4v) is 2.53. The van der Waals surface area contributed by atoms with E-state index in [1.54, 1.807) is 17.7 Å². The summed E-state index contributed by atoms with van der Waals surface area (Å²) < 4.78 is 2.06. The zero-order valence-corrected chi connectivity index (χ0v) is 10.3. The molecule has 2 aromatic rings. The summed E-state index contributed by atoms with van der Waals surface area (Å²) >= 11 is 1.60. The zero-order chi connectivity index (χ0) is 11.5. The van der Waals surface area contributed by atoms with E-state index in [9.17, 15) is 0 Å². The molecule has 2 rings (SSSR count). The third kappa shape index (κ3) is 1.98. The third-order valence-corrected chi connectivity index (χ3v) is 3.47. The fourth-order valence-electron chi connectivity index (χ4n) is 1.58. The summed E-state index contributed by atoms with van der Waals surface area (Å²) in [7, 11) is 0. The highest BCUT2D eigenvalue weighted by molar-refractivity contribution is 7.15. The molecule has 0 aliphatic heterocycles. The normalized spacial score (nSPS) is 10.9. The molecule has 0 aliphatic rings. The van der Waals surface area contributed by atoms with E-state index in [-0.39, 0.29) is 0 Å². The van der Waals surface area contributed by atoms with Gasteiger partial charge in [-0.05, 0) is 13.3 Å². The van der Waals surface area contributed by atoms with Crippen molar-refractivity contribution in [3.8, 4) is 10.7 Å². The second-order valence-corrected chi connectivity index (χ2v) is 4.66. The maximum atomic E-state index is 5.59. The van der Waals surface area contributed by atoms with Gasteiger partial charge in [-0.25, -0.2) is 4.98 Å². The number of thiazole rings is 1. The summed E-state index contributed by atoms with van der Waals surface area (Å²) in [5, 5.41) is 9.05. The Bertz CT molecular complexity index is 473. The summed E-state index contributed by atoms with van der Waals surface area (Å²) in [6.45, 7) is 5.52. The minimum Gasteiger partial charge on any atom is -0.325 e. The lowest BCUT2D eigenvalue weighted by Gasteiger charge is -2.02. The zero-order valence-electron chi connectivity index (χ0n) is 9.47. The van der Waals surface area contributed by atoms with Crippen LogP contribution in [0.3, 0.4) is 0 Å². The van der Waals surface area contributed by atoms with Gasteiger partial charge in [0.2, 0.25) is 0 Å². The number of nitrogens with zero attached hydrogens (tertiary/aromatic N) is 4. The molecule has 0 aliphatic carbocycles. The van der Waals surface area contributed by atoms with Crippen molar-refractivity contribution in [1.82, 2.24) is 19.7 Å². The average molecular weight is 237 g/mol. The largest absolute Gasteiger partial charge is 0.325 e. The van der Waals surface area contributed by atoms with E-state index in [1.165, 1.54) is 0 Å². The van der Waals surface area contributed by atoms with E-state index in [2.05, 4.69) is 26.7 Å². The van der Waals surface area contributed by atoms with Crippen LogP contribution in [0.2, 0.25) is 0 Å². The predicted molar refractivity (Wildman–Crippen MR) is 64.0 cm³/mol. The van der Waals surface area contributed by atoms with Gasteiger partial charge in [0.05, 0.1) is 10.6 Å². The first kappa shape index (κ1) is 11.2. The van der Waals surface area contributed by atoms with E-state index >= 15 is 0 Å². The molecule has 0 radical (unpaired) electrons. The van der Waals surface area contributed by atoms with Crippen molar-refractivity contribution in [1.29, 1.82) is 0 Å². The molecule has 0 bridgehead atoms. The number of hydrogen-bond donors (Lipinski definition) is 1. The van der Waals surface area contributed by atoms with E-state index in [0.717, 1.165) is 34.4 Å². The van der Waals surface area contributed by atoms with Gasteiger partial charge in [0, 0.05) is 13.1 Å². The van der Waals surface area contributed by atoms with Crippen LogP contribution in [0, 0.1) is 6.92 Å². The van der Waals surface area contributed by atoms with Crippen LogP contribution in [0.25, 0.3) is 10.7 Å². The molecule has 86 valence electrons. The molecule has 2 N–H and O–H groups in total. The topological polar surface area (TPSA) is 69.6 Å². The molecule has 16 heavy (non-hydrogen) atoms. The molecule has 2 aromatic heterocycles. The van der Waals surface area contributed by atoms with Gasteiger partial charge >= 0.3 is 0 Å². The van der Waals surface area contributed by atoms with Crippen LogP contribution in [0.5, 0.6) is 0 Å². The highest BCUT2D eigenvalue weighted by Gasteiger charge is 2.14. The SMILES string of the molecule is CCCn1cnnc1-c1sc(CN)nc1C. The van der Waals surface area contributed by atoms with Crippen molar-refractivity contribution in [3.05, 3.63) is 17.0 Å². The summed E-state index contributed by atoms with van der Waals surface area (Å²) in [6.07, 6.45) is 2.83. The molecule has 5 nitrogen and oxygen atoms in total. The second kappa shape index (κ2) is 4.71. The standard InChI is InChI=1S/C10H15N5S/c1-3-4-15-6-12-14-10(15)9-7(2)13-8(5-11)16-9/h6H,3-5,11H2,1-2H3. The van der Waals surface area contributed by atoms with Gasteiger partial charge in [-0.15, -0.1) is 21.5 Å². The lowest BCUT2D eigenvalue weighted by molar-refractivity contribution is 0.683. The van der Waals surface area contributed by atoms with Gasteiger partial charge in [0.1, 0.15) is 11.3 Å². The first-order valence-electron chi connectivity index (χ1n) is 5.30. The molecular formula is C10H15N5S. The molecule has 0 aromatic carbocycles. The van der Waals surface area contributed by atoms with E-state index in [0.29, 0.717) is 6.54 Å². The molecule has 0 fully saturated rings. The van der Waals surface area contributed by atoms with Crippen LogP contribution in [0.15, 0.2) is 6.33 Å². The van der Waals surface area contributed by atoms with Gasteiger partial charge in [0.25, 0.3) is 0 Å². The molecule has 0 amide bonds. The average Bonchev–Trinajstić information content (AvgIpc) is 2.85. The van der Waals surface area contributed by atoms with Gasteiger partial charge in [0.15, 0.2) is 5.82 Å². The van der Waals surface area contributed by atoms with E-state index in [4.69, 9.17) is 5.73 Å². The molecular weight excluding hydrogens is 222 g/mol. The highest BCUT2D eigenvalue weighted by atomic mass is 32.1. The van der Waals surface area contributed by atoms with Crippen molar-refractivity contribution in [3.63, 3.8) is 0 Å². The van der Waals surface area contributed by atoms with Crippen LogP contribution in [0.1, 0.15) is 24.0 Å². The number of nitrogens with two attached hydrogens (primary N) is 1. The van der Waals surface area contributed by atoms with Crippen molar-refractivity contribution < 1.29 is 0 Å². The Labute approximate surface area is 98.3 Å².